The molecule has 0 aromatic carbocycles. The summed E-state index contributed by atoms with van der Waals surface area (Å²) < 4.78 is 33.5. The summed E-state index contributed by atoms with van der Waals surface area (Å²) in [6.07, 6.45) is 15.2. The number of unbranched alkanes of at least 4 members (excludes halogenated alkanes) is 10. The van der Waals surface area contributed by atoms with Gasteiger partial charge in [-0.25, -0.2) is 9.69 Å². The van der Waals surface area contributed by atoms with E-state index in [1.54, 1.807) is 0 Å². The Balaban J connectivity index is 2.41. The highest BCUT2D eigenvalue weighted by Crippen LogP contribution is 2.34. The van der Waals surface area contributed by atoms with Gasteiger partial charge >= 0.3 is 16.1 Å². The lowest BCUT2D eigenvalue weighted by molar-refractivity contribution is -0.157. The summed E-state index contributed by atoms with van der Waals surface area (Å²) in [6.45, 7) is 2.20. The van der Waals surface area contributed by atoms with Crippen LogP contribution in [0.2, 0.25) is 0 Å². The zero-order chi connectivity index (χ0) is 23.3. The van der Waals surface area contributed by atoms with E-state index in [1.165, 1.54) is 38.5 Å². The van der Waals surface area contributed by atoms with Crippen LogP contribution in [0.15, 0.2) is 12.2 Å². The van der Waals surface area contributed by atoms with Crippen LogP contribution in [0.1, 0.15) is 103 Å². The van der Waals surface area contributed by atoms with Gasteiger partial charge in [-0.05, 0) is 38.5 Å². The minimum Gasteiger partial charge on any atom is -0.479 e. The van der Waals surface area contributed by atoms with Crippen molar-refractivity contribution >= 4 is 27.9 Å². The van der Waals surface area contributed by atoms with Gasteiger partial charge in [0.2, 0.25) is 11.8 Å². The first-order valence-electron chi connectivity index (χ1n) is 11.4. The molecule has 1 unspecified atom stereocenters. The van der Waals surface area contributed by atoms with E-state index >= 15 is 0 Å². The summed E-state index contributed by atoms with van der Waals surface area (Å²) in [5, 5.41) is 9.56. The smallest absolute Gasteiger partial charge is 0.348 e. The van der Waals surface area contributed by atoms with Crippen molar-refractivity contribution in [1.82, 2.24) is 4.90 Å². The van der Waals surface area contributed by atoms with Gasteiger partial charge in [-0.1, -0.05) is 64.0 Å². The van der Waals surface area contributed by atoms with Crippen LogP contribution in [-0.2, 0) is 24.5 Å². The van der Waals surface area contributed by atoms with Crippen molar-refractivity contribution in [3.05, 3.63) is 12.2 Å². The standard InChI is InChI=1S/C22H37NO7S/c1-2-3-4-5-6-7-8-9-10-11-12-13-14-15-18-22(21(26)27,31(28,29)30)23-19(24)16-17-20(23)25/h9-10H,2-8,11-18H2,1H3,(H,26,27)(H,28,29,30)/b10-9-. The van der Waals surface area contributed by atoms with Crippen LogP contribution in [0.5, 0.6) is 0 Å². The first kappa shape index (κ1) is 27.3. The Kier molecular flexibility index (Phi) is 12.0. The summed E-state index contributed by atoms with van der Waals surface area (Å²) in [5.74, 6) is -3.68. The molecule has 31 heavy (non-hydrogen) atoms. The molecule has 1 fully saturated rings. The molecule has 178 valence electrons. The SMILES string of the molecule is CCCCCCCC/C=C\CCCCCCC(C(=O)O)(N1C(=O)CCC1=O)S(=O)(=O)O. The van der Waals surface area contributed by atoms with E-state index in [4.69, 9.17) is 0 Å². The van der Waals surface area contributed by atoms with Crippen LogP contribution in [0.3, 0.4) is 0 Å². The summed E-state index contributed by atoms with van der Waals surface area (Å²) in [5.41, 5.74) is 0. The van der Waals surface area contributed by atoms with Gasteiger partial charge in [0.05, 0.1) is 0 Å². The van der Waals surface area contributed by atoms with E-state index in [-0.39, 0.29) is 24.2 Å². The fourth-order valence-corrected chi connectivity index (χ4v) is 4.96. The first-order chi connectivity index (χ1) is 14.7. The maximum atomic E-state index is 12.0. The summed E-state index contributed by atoms with van der Waals surface area (Å²) >= 11 is 0. The van der Waals surface area contributed by atoms with E-state index in [2.05, 4.69) is 19.1 Å². The van der Waals surface area contributed by atoms with Crippen LogP contribution in [0.25, 0.3) is 0 Å². The molecule has 0 bridgehead atoms. The molecular formula is C22H37NO7S. The molecule has 1 aliphatic heterocycles. The average Bonchev–Trinajstić information content (AvgIpc) is 3.02. The average molecular weight is 460 g/mol. The number of hydrogen-bond acceptors (Lipinski definition) is 5. The van der Waals surface area contributed by atoms with Gasteiger partial charge in [0.15, 0.2) is 0 Å². The second-order valence-corrected chi connectivity index (χ2v) is 9.79. The van der Waals surface area contributed by atoms with Gasteiger partial charge < -0.3 is 5.11 Å². The molecule has 0 radical (unpaired) electrons. The molecule has 2 N–H and O–H groups in total. The first-order valence-corrected chi connectivity index (χ1v) is 12.8. The number of nitrogens with zero attached hydrogens (tertiary/aromatic N) is 1. The summed E-state index contributed by atoms with van der Waals surface area (Å²) in [6, 6.07) is 0. The van der Waals surface area contributed by atoms with E-state index in [0.29, 0.717) is 6.42 Å². The highest BCUT2D eigenvalue weighted by Gasteiger charge is 2.60. The predicted molar refractivity (Wildman–Crippen MR) is 118 cm³/mol. The van der Waals surface area contributed by atoms with Crippen molar-refractivity contribution in [2.45, 2.75) is 108 Å². The van der Waals surface area contributed by atoms with Crippen molar-refractivity contribution in [3.63, 3.8) is 0 Å². The third-order valence-electron chi connectivity index (χ3n) is 5.70. The molecule has 0 aromatic heterocycles. The molecule has 0 aliphatic carbocycles. The number of imide groups is 1. The molecule has 0 saturated carbocycles. The molecule has 0 aromatic rings. The zero-order valence-electron chi connectivity index (χ0n) is 18.6. The highest BCUT2D eigenvalue weighted by molar-refractivity contribution is 7.88. The lowest BCUT2D eigenvalue weighted by atomic mass is 10.0. The van der Waals surface area contributed by atoms with Crippen molar-refractivity contribution < 1.29 is 32.5 Å². The number of carboxylic acid groups (broad SMARTS) is 1. The molecule has 1 atom stereocenters. The van der Waals surface area contributed by atoms with Gasteiger partial charge in [0.25, 0.3) is 4.87 Å². The van der Waals surface area contributed by atoms with E-state index < -0.39 is 39.2 Å². The maximum absolute atomic E-state index is 12.0. The van der Waals surface area contributed by atoms with Crippen molar-refractivity contribution in [3.8, 4) is 0 Å². The molecule has 1 rings (SSSR count). The second-order valence-electron chi connectivity index (χ2n) is 8.17. The van der Waals surface area contributed by atoms with E-state index in [1.807, 2.05) is 0 Å². The second kappa shape index (κ2) is 13.6. The number of rotatable bonds is 17. The predicted octanol–water partition coefficient (Wildman–Crippen LogP) is 4.45. The Hall–Kier alpha value is -1.74. The maximum Gasteiger partial charge on any atom is 0.348 e. The molecule has 1 saturated heterocycles. The molecule has 1 heterocycles. The quantitative estimate of drug-likeness (QED) is 0.142. The molecular weight excluding hydrogens is 422 g/mol. The van der Waals surface area contributed by atoms with Crippen LogP contribution in [0.4, 0.5) is 0 Å². The zero-order valence-corrected chi connectivity index (χ0v) is 19.4. The van der Waals surface area contributed by atoms with Crippen molar-refractivity contribution in [2.75, 3.05) is 0 Å². The number of likely N-dealkylation sites (tertiary alicyclic amines) is 1. The van der Waals surface area contributed by atoms with Crippen molar-refractivity contribution in [1.29, 1.82) is 0 Å². The van der Waals surface area contributed by atoms with Gasteiger partial charge in [0, 0.05) is 12.8 Å². The summed E-state index contributed by atoms with van der Waals surface area (Å²) in [7, 11) is -5.22. The summed E-state index contributed by atoms with van der Waals surface area (Å²) in [4.78, 5) is 33.1. The molecule has 1 aliphatic rings. The minimum atomic E-state index is -5.22. The number of carbonyl (C=O) groups excluding carboxylic acids is 2. The van der Waals surface area contributed by atoms with Crippen LogP contribution < -0.4 is 0 Å². The van der Waals surface area contributed by atoms with Crippen LogP contribution in [-0.4, -0.2) is 45.6 Å². The number of aliphatic carboxylic acids is 1. The Morgan fingerprint density at radius 2 is 1.35 bits per heavy atom. The normalized spacial score (nSPS) is 16.9. The molecule has 9 heteroatoms. The van der Waals surface area contributed by atoms with Gasteiger partial charge in [-0.3, -0.25) is 14.1 Å². The molecule has 2 amide bonds. The largest absolute Gasteiger partial charge is 0.479 e. The minimum absolute atomic E-state index is 0.157. The Bertz CT molecular complexity index is 716. The third-order valence-corrected chi connectivity index (χ3v) is 7.12. The Morgan fingerprint density at radius 1 is 0.903 bits per heavy atom. The number of hydrogen-bond donors (Lipinski definition) is 2. The Morgan fingerprint density at radius 3 is 1.81 bits per heavy atom. The monoisotopic (exact) mass is 459 g/mol. The fourth-order valence-electron chi connectivity index (χ4n) is 3.91. The third kappa shape index (κ3) is 8.03. The van der Waals surface area contributed by atoms with E-state index in [0.717, 1.165) is 25.7 Å². The van der Waals surface area contributed by atoms with Crippen molar-refractivity contribution in [2.24, 2.45) is 0 Å². The van der Waals surface area contributed by atoms with Gasteiger partial charge in [-0.2, -0.15) is 8.42 Å². The van der Waals surface area contributed by atoms with Gasteiger partial charge in [-0.15, -0.1) is 0 Å². The lowest BCUT2D eigenvalue weighted by Gasteiger charge is -2.33. The molecule has 8 nitrogen and oxygen atoms in total. The molecule has 0 spiro atoms. The van der Waals surface area contributed by atoms with Crippen LogP contribution in [0, 0.1) is 0 Å². The van der Waals surface area contributed by atoms with Crippen LogP contribution >= 0.6 is 0 Å². The number of amides is 2. The topological polar surface area (TPSA) is 129 Å². The lowest BCUT2D eigenvalue weighted by Crippen LogP contribution is -2.61. The number of allylic oxidation sites excluding steroid dienone is 2. The highest BCUT2D eigenvalue weighted by atomic mass is 32.2. The number of carbonyl (C=O) groups is 3. The number of carboxylic acids is 1. The fraction of sp³-hybridized carbons (Fsp3) is 0.773. The van der Waals surface area contributed by atoms with Gasteiger partial charge in [0.1, 0.15) is 0 Å². The van der Waals surface area contributed by atoms with E-state index in [9.17, 15) is 32.5 Å². The Labute approximate surface area is 185 Å².